The van der Waals surface area contributed by atoms with Gasteiger partial charge in [-0.25, -0.2) is 0 Å². The van der Waals surface area contributed by atoms with Crippen LogP contribution in [0.2, 0.25) is 0 Å². The van der Waals surface area contributed by atoms with Gasteiger partial charge in [-0.05, 0) is 37.8 Å². The van der Waals surface area contributed by atoms with Crippen LogP contribution in [0.1, 0.15) is 42.1 Å². The smallest absolute Gasteiger partial charge is 0.253 e. The lowest BCUT2D eigenvalue weighted by Gasteiger charge is -2.27. The Morgan fingerprint density at radius 3 is 2.61 bits per heavy atom. The van der Waals surface area contributed by atoms with E-state index in [0.29, 0.717) is 30.5 Å². The number of rotatable bonds is 8. The second-order valence-electron chi connectivity index (χ2n) is 8.11. The van der Waals surface area contributed by atoms with E-state index < -0.39 is 0 Å². The first-order chi connectivity index (χ1) is 15.2. The number of amides is 2. The molecule has 10 heteroatoms. The number of thioether (sulfide) groups is 1. The molecule has 1 saturated heterocycles. The SMILES string of the molecule is O=C(CSc1nnc(N2CCOCC2)n1C1CC1)Nc1ccccc1C(=O)NC1CC1. The Labute approximate surface area is 184 Å². The van der Waals surface area contributed by atoms with Crippen molar-refractivity contribution in [1.82, 2.24) is 20.1 Å². The van der Waals surface area contributed by atoms with E-state index in [2.05, 4.69) is 30.3 Å². The van der Waals surface area contributed by atoms with Crippen LogP contribution < -0.4 is 15.5 Å². The molecule has 0 atom stereocenters. The summed E-state index contributed by atoms with van der Waals surface area (Å²) in [6.45, 7) is 2.98. The monoisotopic (exact) mass is 442 g/mol. The quantitative estimate of drug-likeness (QED) is 0.604. The molecule has 3 fully saturated rings. The van der Waals surface area contributed by atoms with Gasteiger partial charge in [0, 0.05) is 25.2 Å². The van der Waals surface area contributed by atoms with Gasteiger partial charge >= 0.3 is 0 Å². The molecule has 2 amide bonds. The molecule has 5 rings (SSSR count). The van der Waals surface area contributed by atoms with E-state index in [-0.39, 0.29) is 23.6 Å². The number of benzene rings is 1. The number of hydrogen-bond donors (Lipinski definition) is 2. The molecule has 9 nitrogen and oxygen atoms in total. The van der Waals surface area contributed by atoms with Gasteiger partial charge in [0.25, 0.3) is 5.91 Å². The van der Waals surface area contributed by atoms with Crippen LogP contribution in [0, 0.1) is 0 Å². The molecule has 0 bridgehead atoms. The van der Waals surface area contributed by atoms with Crippen LogP contribution in [0.25, 0.3) is 0 Å². The fourth-order valence-corrected chi connectivity index (χ4v) is 4.40. The number of anilines is 2. The molecule has 0 spiro atoms. The molecule has 2 saturated carbocycles. The molecule has 164 valence electrons. The van der Waals surface area contributed by atoms with E-state index in [1.165, 1.54) is 11.8 Å². The van der Waals surface area contributed by atoms with Crippen LogP contribution in [0.4, 0.5) is 11.6 Å². The van der Waals surface area contributed by atoms with Crippen molar-refractivity contribution in [2.75, 3.05) is 42.3 Å². The Morgan fingerprint density at radius 2 is 1.87 bits per heavy atom. The predicted molar refractivity (Wildman–Crippen MR) is 118 cm³/mol. The standard InChI is InChI=1S/C21H26N6O3S/c28-18(23-17-4-2-1-3-16(17)19(29)22-14-5-6-14)13-31-21-25-24-20(27(21)15-7-8-15)26-9-11-30-12-10-26/h1-4,14-15H,5-13H2,(H,22,29)(H,23,28). The van der Waals surface area contributed by atoms with Gasteiger partial charge in [-0.2, -0.15) is 0 Å². The van der Waals surface area contributed by atoms with Crippen molar-refractivity contribution in [3.8, 4) is 0 Å². The van der Waals surface area contributed by atoms with E-state index in [0.717, 1.165) is 49.9 Å². The number of aromatic nitrogens is 3. The average molecular weight is 443 g/mol. The summed E-state index contributed by atoms with van der Waals surface area (Å²) < 4.78 is 7.61. The van der Waals surface area contributed by atoms with Gasteiger partial charge in [0.05, 0.1) is 30.2 Å². The van der Waals surface area contributed by atoms with Crippen LogP contribution in [-0.4, -0.2) is 64.7 Å². The maximum absolute atomic E-state index is 12.7. The van der Waals surface area contributed by atoms with Crippen molar-refractivity contribution in [3.05, 3.63) is 29.8 Å². The number of nitrogens with one attached hydrogen (secondary N) is 2. The van der Waals surface area contributed by atoms with Crippen molar-refractivity contribution in [1.29, 1.82) is 0 Å². The Bertz CT molecular complexity index is 966. The maximum Gasteiger partial charge on any atom is 0.253 e. The number of nitrogens with zero attached hydrogens (tertiary/aromatic N) is 4. The number of carbonyl (C=O) groups is 2. The number of hydrogen-bond acceptors (Lipinski definition) is 7. The molecule has 3 aliphatic rings. The van der Waals surface area contributed by atoms with E-state index in [1.54, 1.807) is 18.2 Å². The highest BCUT2D eigenvalue weighted by molar-refractivity contribution is 7.99. The second-order valence-corrected chi connectivity index (χ2v) is 9.06. The summed E-state index contributed by atoms with van der Waals surface area (Å²) in [5.41, 5.74) is 1.02. The molecule has 31 heavy (non-hydrogen) atoms. The zero-order chi connectivity index (χ0) is 21.2. The van der Waals surface area contributed by atoms with Crippen molar-refractivity contribution in [2.24, 2.45) is 0 Å². The summed E-state index contributed by atoms with van der Waals surface area (Å²) in [6.07, 6.45) is 4.26. The molecule has 2 aromatic rings. The van der Waals surface area contributed by atoms with Crippen LogP contribution in [-0.2, 0) is 9.53 Å². The Balaban J connectivity index is 1.23. The lowest BCUT2D eigenvalue weighted by Crippen LogP contribution is -2.38. The largest absolute Gasteiger partial charge is 0.378 e. The minimum Gasteiger partial charge on any atom is -0.378 e. The third-order valence-corrected chi connectivity index (χ3v) is 6.49. The van der Waals surface area contributed by atoms with Gasteiger partial charge in [0.15, 0.2) is 5.16 Å². The number of ether oxygens (including phenoxy) is 1. The summed E-state index contributed by atoms with van der Waals surface area (Å²) in [5, 5.41) is 15.4. The Morgan fingerprint density at radius 1 is 1.10 bits per heavy atom. The fourth-order valence-electron chi connectivity index (χ4n) is 3.60. The highest BCUT2D eigenvalue weighted by Gasteiger charge is 2.32. The van der Waals surface area contributed by atoms with Crippen molar-refractivity contribution in [3.63, 3.8) is 0 Å². The summed E-state index contributed by atoms with van der Waals surface area (Å²) in [4.78, 5) is 27.3. The highest BCUT2D eigenvalue weighted by Crippen LogP contribution is 2.41. The van der Waals surface area contributed by atoms with E-state index in [9.17, 15) is 9.59 Å². The zero-order valence-corrected chi connectivity index (χ0v) is 18.1. The minimum atomic E-state index is -0.171. The lowest BCUT2D eigenvalue weighted by molar-refractivity contribution is -0.113. The van der Waals surface area contributed by atoms with Crippen LogP contribution in [0.3, 0.4) is 0 Å². The molecule has 2 heterocycles. The third-order valence-electron chi connectivity index (χ3n) is 5.54. The summed E-state index contributed by atoms with van der Waals surface area (Å²) in [5.74, 6) is 0.757. The molecular weight excluding hydrogens is 416 g/mol. The first-order valence-electron chi connectivity index (χ1n) is 10.8. The summed E-state index contributed by atoms with van der Waals surface area (Å²) in [7, 11) is 0. The average Bonchev–Trinajstić information content (AvgIpc) is 3.73. The van der Waals surface area contributed by atoms with Crippen molar-refractivity contribution >= 4 is 35.2 Å². The fraction of sp³-hybridized carbons (Fsp3) is 0.524. The van der Waals surface area contributed by atoms with Crippen molar-refractivity contribution in [2.45, 2.75) is 42.9 Å². The highest BCUT2D eigenvalue weighted by atomic mass is 32.2. The number of carbonyl (C=O) groups excluding carboxylic acids is 2. The van der Waals surface area contributed by atoms with Crippen LogP contribution in [0.15, 0.2) is 29.4 Å². The van der Waals surface area contributed by atoms with Gasteiger partial charge in [-0.1, -0.05) is 23.9 Å². The van der Waals surface area contributed by atoms with E-state index in [1.807, 2.05) is 6.07 Å². The lowest BCUT2D eigenvalue weighted by atomic mass is 10.1. The first kappa shape index (κ1) is 20.3. The molecule has 1 aliphatic heterocycles. The van der Waals surface area contributed by atoms with Gasteiger partial charge in [-0.3, -0.25) is 14.2 Å². The first-order valence-corrected chi connectivity index (χ1v) is 11.8. The predicted octanol–water partition coefficient (Wildman–Crippen LogP) is 2.07. The maximum atomic E-state index is 12.7. The summed E-state index contributed by atoms with van der Waals surface area (Å²) >= 11 is 1.38. The normalized spacial score (nSPS) is 18.6. The third kappa shape index (κ3) is 4.85. The molecular formula is C21H26N6O3S. The van der Waals surface area contributed by atoms with Gasteiger partial charge in [0.2, 0.25) is 11.9 Å². The van der Waals surface area contributed by atoms with Crippen LogP contribution in [0.5, 0.6) is 0 Å². The number of para-hydroxylation sites is 1. The molecule has 2 N–H and O–H groups in total. The summed E-state index contributed by atoms with van der Waals surface area (Å²) in [6, 6.07) is 7.78. The Kier molecular flexibility index (Phi) is 5.82. The van der Waals surface area contributed by atoms with E-state index in [4.69, 9.17) is 4.74 Å². The zero-order valence-electron chi connectivity index (χ0n) is 17.2. The van der Waals surface area contributed by atoms with Crippen LogP contribution >= 0.6 is 11.8 Å². The van der Waals surface area contributed by atoms with Gasteiger partial charge < -0.3 is 20.3 Å². The molecule has 2 aliphatic carbocycles. The molecule has 1 aromatic heterocycles. The van der Waals surface area contributed by atoms with Gasteiger partial charge in [-0.15, -0.1) is 10.2 Å². The molecule has 0 radical (unpaired) electrons. The van der Waals surface area contributed by atoms with E-state index >= 15 is 0 Å². The van der Waals surface area contributed by atoms with Gasteiger partial charge in [0.1, 0.15) is 0 Å². The number of morpholine rings is 1. The van der Waals surface area contributed by atoms with Crippen molar-refractivity contribution < 1.29 is 14.3 Å². The molecule has 1 aromatic carbocycles. The molecule has 0 unspecified atom stereocenters. The topological polar surface area (TPSA) is 101 Å². The minimum absolute atomic E-state index is 0.144. The second kappa shape index (κ2) is 8.88. The Hall–Kier alpha value is -2.59.